The van der Waals surface area contributed by atoms with Gasteiger partial charge in [-0.3, -0.25) is 0 Å². The van der Waals surface area contributed by atoms with E-state index in [0.717, 1.165) is 54.9 Å². The zero-order valence-corrected chi connectivity index (χ0v) is 13.7. The van der Waals surface area contributed by atoms with E-state index in [0.29, 0.717) is 13.3 Å². The second-order valence-electron chi connectivity index (χ2n) is 6.09. The molecule has 7 heteroatoms. The molecule has 4 rings (SSSR count). The number of ether oxygens (including phenoxy) is 2. The summed E-state index contributed by atoms with van der Waals surface area (Å²) in [5, 5.41) is 3.36. The smallest absolute Gasteiger partial charge is 0.231 e. The number of piperazine rings is 1. The van der Waals surface area contributed by atoms with Crippen molar-refractivity contribution in [3.63, 3.8) is 0 Å². The summed E-state index contributed by atoms with van der Waals surface area (Å²) in [6.07, 6.45) is 1.62. The molecule has 1 aromatic carbocycles. The van der Waals surface area contributed by atoms with E-state index in [1.807, 2.05) is 24.3 Å². The van der Waals surface area contributed by atoms with Crippen LogP contribution in [0.2, 0.25) is 0 Å². The molecule has 0 unspecified atom stereocenters. The van der Waals surface area contributed by atoms with Crippen LogP contribution < -0.4 is 19.7 Å². The molecule has 3 heterocycles. The predicted octanol–water partition coefficient (Wildman–Crippen LogP) is 1.57. The number of rotatable bonds is 4. The van der Waals surface area contributed by atoms with Gasteiger partial charge in [0.15, 0.2) is 11.5 Å². The van der Waals surface area contributed by atoms with Gasteiger partial charge in [-0.15, -0.1) is 0 Å². The predicted molar refractivity (Wildman–Crippen MR) is 91.6 cm³/mol. The minimum absolute atomic E-state index is 0.298. The Bertz CT molecular complexity index is 716. The van der Waals surface area contributed by atoms with Crippen molar-refractivity contribution in [1.29, 1.82) is 0 Å². The lowest BCUT2D eigenvalue weighted by atomic mass is 10.2. The van der Waals surface area contributed by atoms with E-state index < -0.39 is 0 Å². The minimum atomic E-state index is 0.298. The van der Waals surface area contributed by atoms with Crippen molar-refractivity contribution in [3.8, 4) is 11.5 Å². The van der Waals surface area contributed by atoms with Gasteiger partial charge in [0.1, 0.15) is 18.0 Å². The molecule has 2 aliphatic heterocycles. The Labute approximate surface area is 141 Å². The van der Waals surface area contributed by atoms with Crippen LogP contribution in [0.5, 0.6) is 11.5 Å². The minimum Gasteiger partial charge on any atom is -0.454 e. The van der Waals surface area contributed by atoms with Crippen molar-refractivity contribution < 1.29 is 9.47 Å². The second kappa shape index (κ2) is 6.52. The highest BCUT2D eigenvalue weighted by Crippen LogP contribution is 2.32. The van der Waals surface area contributed by atoms with Gasteiger partial charge in [-0.05, 0) is 24.7 Å². The maximum atomic E-state index is 5.41. The summed E-state index contributed by atoms with van der Waals surface area (Å²) in [6.45, 7) is 5.08. The molecule has 0 aliphatic carbocycles. The highest BCUT2D eigenvalue weighted by Gasteiger charge is 2.16. The number of likely N-dealkylation sites (N-methyl/N-ethyl adjacent to an activating group) is 1. The van der Waals surface area contributed by atoms with Crippen LogP contribution in [0, 0.1) is 0 Å². The van der Waals surface area contributed by atoms with Crippen molar-refractivity contribution in [2.45, 2.75) is 6.54 Å². The quantitative estimate of drug-likeness (QED) is 0.914. The first-order valence-electron chi connectivity index (χ1n) is 8.16. The molecule has 0 radical (unpaired) electrons. The first kappa shape index (κ1) is 15.0. The van der Waals surface area contributed by atoms with Crippen LogP contribution in [-0.4, -0.2) is 54.9 Å². The fourth-order valence-corrected chi connectivity index (χ4v) is 2.90. The lowest BCUT2D eigenvalue weighted by Gasteiger charge is -2.33. The van der Waals surface area contributed by atoms with Gasteiger partial charge >= 0.3 is 0 Å². The maximum absolute atomic E-state index is 5.41. The molecule has 126 valence electrons. The van der Waals surface area contributed by atoms with Gasteiger partial charge in [0, 0.05) is 38.8 Å². The van der Waals surface area contributed by atoms with E-state index in [1.54, 1.807) is 6.33 Å². The Kier molecular flexibility index (Phi) is 4.08. The van der Waals surface area contributed by atoms with Gasteiger partial charge in [0.25, 0.3) is 0 Å². The Balaban J connectivity index is 1.41. The first-order valence-corrected chi connectivity index (χ1v) is 8.16. The maximum Gasteiger partial charge on any atom is 0.231 e. The molecule has 1 saturated heterocycles. The van der Waals surface area contributed by atoms with Gasteiger partial charge in [-0.2, -0.15) is 0 Å². The van der Waals surface area contributed by atoms with Gasteiger partial charge in [-0.1, -0.05) is 6.07 Å². The summed E-state index contributed by atoms with van der Waals surface area (Å²) in [5.74, 6) is 3.41. The summed E-state index contributed by atoms with van der Waals surface area (Å²) in [7, 11) is 2.15. The summed E-state index contributed by atoms with van der Waals surface area (Å²) < 4.78 is 10.7. The SMILES string of the molecule is CN1CCN(c2cc(NCc3ccc4c(c3)OCO4)ncn2)CC1. The number of aromatic nitrogens is 2. The van der Waals surface area contributed by atoms with Crippen molar-refractivity contribution in [1.82, 2.24) is 14.9 Å². The molecule has 0 saturated carbocycles. The fraction of sp³-hybridized carbons (Fsp3) is 0.412. The number of anilines is 2. The summed E-state index contributed by atoms with van der Waals surface area (Å²) in [6, 6.07) is 7.98. The molecule has 2 aromatic rings. The van der Waals surface area contributed by atoms with Gasteiger partial charge in [0.2, 0.25) is 6.79 Å². The average molecular weight is 327 g/mol. The molecular weight excluding hydrogens is 306 g/mol. The van der Waals surface area contributed by atoms with Gasteiger partial charge < -0.3 is 24.6 Å². The molecule has 0 bridgehead atoms. The van der Waals surface area contributed by atoms with Crippen LogP contribution in [0.15, 0.2) is 30.6 Å². The van der Waals surface area contributed by atoms with Gasteiger partial charge in [-0.25, -0.2) is 9.97 Å². The largest absolute Gasteiger partial charge is 0.454 e. The van der Waals surface area contributed by atoms with Crippen molar-refractivity contribution in [3.05, 3.63) is 36.2 Å². The highest BCUT2D eigenvalue weighted by molar-refractivity contribution is 5.50. The summed E-state index contributed by atoms with van der Waals surface area (Å²) in [5.41, 5.74) is 1.12. The Hall–Kier alpha value is -2.54. The van der Waals surface area contributed by atoms with Crippen molar-refractivity contribution >= 4 is 11.6 Å². The van der Waals surface area contributed by atoms with Crippen LogP contribution >= 0.6 is 0 Å². The number of hydrogen-bond donors (Lipinski definition) is 1. The van der Waals surface area contributed by atoms with E-state index in [2.05, 4.69) is 32.1 Å². The van der Waals surface area contributed by atoms with Gasteiger partial charge in [0.05, 0.1) is 0 Å². The number of hydrogen-bond acceptors (Lipinski definition) is 7. The van der Waals surface area contributed by atoms with E-state index in [4.69, 9.17) is 9.47 Å². The Morgan fingerprint density at radius 3 is 2.75 bits per heavy atom. The van der Waals surface area contributed by atoms with E-state index >= 15 is 0 Å². The standard InChI is InChI=1S/C17H21N5O2/c1-21-4-6-22(7-5-21)17-9-16(19-11-20-17)18-10-13-2-3-14-15(8-13)24-12-23-14/h2-3,8-9,11H,4-7,10,12H2,1H3,(H,18,19,20). The second-order valence-corrected chi connectivity index (χ2v) is 6.09. The first-order chi connectivity index (χ1) is 11.8. The molecule has 1 aromatic heterocycles. The third-order valence-electron chi connectivity index (χ3n) is 4.39. The molecule has 0 amide bonds. The summed E-state index contributed by atoms with van der Waals surface area (Å²) >= 11 is 0. The van der Waals surface area contributed by atoms with E-state index in [1.165, 1.54) is 0 Å². The third kappa shape index (κ3) is 3.21. The Morgan fingerprint density at radius 2 is 1.88 bits per heavy atom. The lowest BCUT2D eigenvalue weighted by Crippen LogP contribution is -2.44. The van der Waals surface area contributed by atoms with E-state index in [-0.39, 0.29) is 0 Å². The Morgan fingerprint density at radius 1 is 1.04 bits per heavy atom. The lowest BCUT2D eigenvalue weighted by molar-refractivity contribution is 0.174. The van der Waals surface area contributed by atoms with E-state index in [9.17, 15) is 0 Å². The zero-order chi connectivity index (χ0) is 16.4. The highest BCUT2D eigenvalue weighted by atomic mass is 16.7. The summed E-state index contributed by atoms with van der Waals surface area (Å²) in [4.78, 5) is 13.4. The van der Waals surface area contributed by atoms with Crippen LogP contribution in [-0.2, 0) is 6.54 Å². The topological polar surface area (TPSA) is 62.8 Å². The number of nitrogens with one attached hydrogen (secondary N) is 1. The number of nitrogens with zero attached hydrogens (tertiary/aromatic N) is 4. The molecule has 24 heavy (non-hydrogen) atoms. The van der Waals surface area contributed by atoms with Crippen molar-refractivity contribution in [2.75, 3.05) is 50.2 Å². The van der Waals surface area contributed by atoms with Crippen LogP contribution in [0.25, 0.3) is 0 Å². The average Bonchev–Trinajstić information content (AvgIpc) is 3.08. The molecule has 0 atom stereocenters. The normalized spacial score (nSPS) is 17.1. The fourth-order valence-electron chi connectivity index (χ4n) is 2.90. The number of fused-ring (bicyclic) bond motifs is 1. The molecule has 1 N–H and O–H groups in total. The van der Waals surface area contributed by atoms with Crippen LogP contribution in [0.3, 0.4) is 0 Å². The third-order valence-corrected chi connectivity index (χ3v) is 4.39. The molecular formula is C17H21N5O2. The zero-order valence-electron chi connectivity index (χ0n) is 13.7. The molecule has 2 aliphatic rings. The van der Waals surface area contributed by atoms with Crippen molar-refractivity contribution in [2.24, 2.45) is 0 Å². The molecule has 7 nitrogen and oxygen atoms in total. The number of benzene rings is 1. The monoisotopic (exact) mass is 327 g/mol. The molecule has 0 spiro atoms. The molecule has 1 fully saturated rings. The van der Waals surface area contributed by atoms with Crippen LogP contribution in [0.4, 0.5) is 11.6 Å². The van der Waals surface area contributed by atoms with Crippen LogP contribution in [0.1, 0.15) is 5.56 Å².